The second kappa shape index (κ2) is 10.5. The van der Waals surface area contributed by atoms with Gasteiger partial charge in [0, 0.05) is 11.5 Å². The van der Waals surface area contributed by atoms with E-state index in [2.05, 4.69) is 15.4 Å². The summed E-state index contributed by atoms with van der Waals surface area (Å²) in [6, 6.07) is -1.81. The predicted molar refractivity (Wildman–Crippen MR) is 104 cm³/mol. The molecule has 2 N–H and O–H groups in total. The Labute approximate surface area is 169 Å². The van der Waals surface area contributed by atoms with E-state index in [1.807, 2.05) is 6.92 Å². The van der Waals surface area contributed by atoms with Gasteiger partial charge in [-0.15, -0.1) is 0 Å². The highest BCUT2D eigenvalue weighted by atomic mass is 32.2. The van der Waals surface area contributed by atoms with Gasteiger partial charge in [0.1, 0.15) is 17.7 Å². The molecule has 28 heavy (non-hydrogen) atoms. The smallest absolute Gasteiger partial charge is 0.408 e. The Morgan fingerprint density at radius 2 is 1.93 bits per heavy atom. The summed E-state index contributed by atoms with van der Waals surface area (Å²) in [5.41, 5.74) is -0.721. The lowest BCUT2D eigenvalue weighted by Gasteiger charge is -2.24. The van der Waals surface area contributed by atoms with Crippen LogP contribution in [0.25, 0.3) is 0 Å². The molecule has 1 aliphatic heterocycles. The van der Waals surface area contributed by atoms with Crippen molar-refractivity contribution in [1.82, 2.24) is 10.6 Å². The molecule has 0 aromatic rings. The van der Waals surface area contributed by atoms with Gasteiger partial charge < -0.3 is 24.8 Å². The van der Waals surface area contributed by atoms with Crippen LogP contribution in [0.4, 0.5) is 4.79 Å². The fraction of sp³-hybridized carbons (Fsp3) is 0.778. The maximum Gasteiger partial charge on any atom is 0.408 e. The molecule has 0 saturated carbocycles. The van der Waals surface area contributed by atoms with Crippen molar-refractivity contribution in [3.63, 3.8) is 0 Å². The minimum Gasteiger partial charge on any atom is -0.467 e. The number of ether oxygens (including phenoxy) is 3. The molecule has 1 unspecified atom stereocenters. The van der Waals surface area contributed by atoms with Gasteiger partial charge in [-0.2, -0.15) is 11.8 Å². The number of methoxy groups -OCH3 is 1. The van der Waals surface area contributed by atoms with Crippen LogP contribution in [-0.4, -0.2) is 66.3 Å². The average Bonchev–Trinajstić information content (AvgIpc) is 2.88. The van der Waals surface area contributed by atoms with Gasteiger partial charge in [0.05, 0.1) is 19.1 Å². The monoisotopic (exact) mass is 418 g/mol. The fourth-order valence-electron chi connectivity index (χ4n) is 2.49. The Balaban J connectivity index is 2.68. The van der Waals surface area contributed by atoms with Crippen molar-refractivity contribution in [3.8, 4) is 0 Å². The average molecular weight is 419 g/mol. The molecule has 0 spiro atoms. The van der Waals surface area contributed by atoms with Gasteiger partial charge in [0.25, 0.3) is 0 Å². The number of amides is 2. The van der Waals surface area contributed by atoms with Crippen LogP contribution in [0.1, 0.15) is 41.0 Å². The summed E-state index contributed by atoms with van der Waals surface area (Å²) < 4.78 is 14.9. The van der Waals surface area contributed by atoms with Crippen molar-refractivity contribution in [2.24, 2.45) is 5.92 Å². The molecule has 1 rings (SSSR count). The van der Waals surface area contributed by atoms with Crippen LogP contribution in [-0.2, 0) is 28.6 Å². The van der Waals surface area contributed by atoms with E-state index in [-0.39, 0.29) is 23.7 Å². The lowest BCUT2D eigenvalue weighted by molar-refractivity contribution is -0.144. The number of nitrogens with one attached hydrogen (secondary N) is 2. The Bertz CT molecular complexity index is 591. The first-order chi connectivity index (χ1) is 12.9. The molecule has 1 heterocycles. The van der Waals surface area contributed by atoms with E-state index in [9.17, 15) is 19.2 Å². The Morgan fingerprint density at radius 1 is 1.29 bits per heavy atom. The van der Waals surface area contributed by atoms with Gasteiger partial charge in [-0.1, -0.05) is 0 Å². The highest BCUT2D eigenvalue weighted by Crippen LogP contribution is 2.24. The van der Waals surface area contributed by atoms with E-state index in [1.165, 1.54) is 25.8 Å². The molecule has 0 aromatic carbocycles. The molecule has 4 atom stereocenters. The maximum absolute atomic E-state index is 12.5. The quantitative estimate of drug-likeness (QED) is 0.446. The van der Waals surface area contributed by atoms with Crippen molar-refractivity contribution in [3.05, 3.63) is 0 Å². The first kappa shape index (κ1) is 24.1. The molecule has 0 aromatic heterocycles. The van der Waals surface area contributed by atoms with Gasteiger partial charge in [0.15, 0.2) is 0 Å². The zero-order chi connectivity index (χ0) is 21.5. The van der Waals surface area contributed by atoms with Crippen LogP contribution in [0.2, 0.25) is 0 Å². The summed E-state index contributed by atoms with van der Waals surface area (Å²) in [6.45, 7) is 8.45. The maximum atomic E-state index is 12.5. The van der Waals surface area contributed by atoms with Crippen molar-refractivity contribution < 1.29 is 33.4 Å². The van der Waals surface area contributed by atoms with Gasteiger partial charge in [-0.25, -0.2) is 9.59 Å². The van der Waals surface area contributed by atoms with Crippen LogP contribution in [0.5, 0.6) is 0 Å². The Morgan fingerprint density at radius 3 is 2.43 bits per heavy atom. The molecule has 0 radical (unpaired) electrons. The van der Waals surface area contributed by atoms with Crippen molar-refractivity contribution in [1.29, 1.82) is 0 Å². The van der Waals surface area contributed by atoms with E-state index in [4.69, 9.17) is 9.47 Å². The minimum atomic E-state index is -0.943. The third-order valence-corrected chi connectivity index (χ3v) is 5.00. The van der Waals surface area contributed by atoms with Crippen LogP contribution in [0, 0.1) is 5.92 Å². The number of alkyl carbamates (subject to hydrolysis) is 1. The van der Waals surface area contributed by atoms with E-state index >= 15 is 0 Å². The fourth-order valence-corrected chi connectivity index (χ4v) is 3.65. The van der Waals surface area contributed by atoms with E-state index in [0.717, 1.165) is 0 Å². The summed E-state index contributed by atoms with van der Waals surface area (Å²) >= 11 is 1.35. The molecule has 0 bridgehead atoms. The number of cyclic esters (lactones) is 1. The zero-order valence-electron chi connectivity index (χ0n) is 17.2. The lowest BCUT2D eigenvalue weighted by atomic mass is 10.1. The van der Waals surface area contributed by atoms with Gasteiger partial charge in [-0.05, 0) is 41.0 Å². The predicted octanol–water partition coefficient (Wildman–Crippen LogP) is 1.24. The van der Waals surface area contributed by atoms with Gasteiger partial charge in [-0.3, -0.25) is 9.59 Å². The highest BCUT2D eigenvalue weighted by Gasteiger charge is 2.33. The number of hydrogen-bond acceptors (Lipinski definition) is 8. The third kappa shape index (κ3) is 8.37. The highest BCUT2D eigenvalue weighted by molar-refractivity contribution is 7.99. The Kier molecular flexibility index (Phi) is 9.06. The second-order valence-corrected chi connectivity index (χ2v) is 8.74. The first-order valence-corrected chi connectivity index (χ1v) is 10.2. The first-order valence-electron chi connectivity index (χ1n) is 9.09. The molecule has 0 aliphatic carbocycles. The molecule has 1 fully saturated rings. The van der Waals surface area contributed by atoms with Crippen LogP contribution >= 0.6 is 11.8 Å². The summed E-state index contributed by atoms with van der Waals surface area (Å²) in [4.78, 5) is 47.9. The molecule has 9 nitrogen and oxygen atoms in total. The largest absolute Gasteiger partial charge is 0.467 e. The molecule has 1 aliphatic rings. The topological polar surface area (TPSA) is 120 Å². The van der Waals surface area contributed by atoms with E-state index in [1.54, 1.807) is 20.8 Å². The molecular weight excluding hydrogens is 388 g/mol. The molecule has 2 amide bonds. The number of esters is 2. The molecule has 160 valence electrons. The number of hydrogen-bond donors (Lipinski definition) is 2. The second-order valence-electron chi connectivity index (χ2n) is 7.67. The van der Waals surface area contributed by atoms with Crippen molar-refractivity contribution in [2.75, 3.05) is 18.6 Å². The Hall–Kier alpha value is -1.97. The van der Waals surface area contributed by atoms with E-state index < -0.39 is 35.7 Å². The normalized spacial score (nSPS) is 21.3. The number of thioether (sulfide) groups is 1. The minimum absolute atomic E-state index is 0.113. The summed E-state index contributed by atoms with van der Waals surface area (Å²) in [7, 11) is 1.22. The molecule has 10 heteroatoms. The zero-order valence-corrected chi connectivity index (χ0v) is 18.0. The summed E-state index contributed by atoms with van der Waals surface area (Å²) in [6.07, 6.45) is -0.229. The number of carbonyl (C=O) groups is 4. The van der Waals surface area contributed by atoms with Gasteiger partial charge >= 0.3 is 18.0 Å². The van der Waals surface area contributed by atoms with Crippen LogP contribution < -0.4 is 10.6 Å². The lowest BCUT2D eigenvalue weighted by Crippen LogP contribution is -2.53. The van der Waals surface area contributed by atoms with Crippen molar-refractivity contribution in [2.45, 2.75) is 64.8 Å². The standard InChI is InChI=1S/C18H30N2O7S/c1-10-7-12(16(23)26-10)8-28-9-13(20-17(24)27-18(3,4)5)14(21)19-11(2)15(22)25-6/h10-13H,7-9H2,1-6H3,(H,19,21)(H,20,24)/t10-,11-,12?,13+/m0/s1. The van der Waals surface area contributed by atoms with Crippen LogP contribution in [0.3, 0.4) is 0 Å². The third-order valence-electron chi connectivity index (χ3n) is 3.79. The molecular formula is C18H30N2O7S. The van der Waals surface area contributed by atoms with Crippen LogP contribution in [0.15, 0.2) is 0 Å². The summed E-state index contributed by atoms with van der Waals surface area (Å²) in [5, 5.41) is 5.02. The van der Waals surface area contributed by atoms with Gasteiger partial charge in [0.2, 0.25) is 5.91 Å². The summed E-state index contributed by atoms with van der Waals surface area (Å²) in [5.74, 6) is -0.954. The van der Waals surface area contributed by atoms with Crippen molar-refractivity contribution >= 4 is 35.7 Å². The number of carbonyl (C=O) groups excluding carboxylic acids is 4. The SMILES string of the molecule is COC(=O)[C@H](C)NC(=O)[C@@H](CSCC1C[C@H](C)OC1=O)NC(=O)OC(C)(C)C. The number of rotatable bonds is 8. The molecule has 1 saturated heterocycles. The van der Waals surface area contributed by atoms with E-state index in [0.29, 0.717) is 12.2 Å².